The number of thiazole rings is 1. The second-order valence-electron chi connectivity index (χ2n) is 4.43. The third-order valence-electron chi connectivity index (χ3n) is 2.86. The number of aliphatic imine (C=N–C) groups is 1. The van der Waals surface area contributed by atoms with Crippen LogP contribution in [0, 0.1) is 18.3 Å². The Hall–Kier alpha value is -1.51. The molecule has 1 aromatic heterocycles. The lowest BCUT2D eigenvalue weighted by molar-refractivity contribution is 0.814. The maximum absolute atomic E-state index is 9.24. The number of halogens is 1. The Morgan fingerprint density at radius 3 is 2.80 bits per heavy atom. The fourth-order valence-electron chi connectivity index (χ4n) is 1.78. The lowest BCUT2D eigenvalue weighted by atomic mass is 10.1. The van der Waals surface area contributed by atoms with E-state index in [-0.39, 0.29) is 12.0 Å². The number of nitrogens with zero attached hydrogens (tertiary/aromatic N) is 3. The van der Waals surface area contributed by atoms with E-state index in [1.807, 2.05) is 43.5 Å². The van der Waals surface area contributed by atoms with Crippen molar-refractivity contribution < 1.29 is 0 Å². The van der Waals surface area contributed by atoms with Gasteiger partial charge < -0.3 is 0 Å². The molecule has 102 valence electrons. The molecule has 0 saturated carbocycles. The summed E-state index contributed by atoms with van der Waals surface area (Å²) in [6.07, 6.45) is 1.70. The smallest absolute Gasteiger partial charge is 0.133 e. The molecule has 1 aromatic carbocycles. The minimum absolute atomic E-state index is 0.00230. The van der Waals surface area contributed by atoms with Gasteiger partial charge in [0.2, 0.25) is 0 Å². The highest BCUT2D eigenvalue weighted by atomic mass is 79.9. The van der Waals surface area contributed by atoms with Gasteiger partial charge in [-0.1, -0.05) is 34.1 Å². The van der Waals surface area contributed by atoms with Crippen molar-refractivity contribution in [1.82, 2.24) is 4.98 Å². The highest BCUT2D eigenvalue weighted by Gasteiger charge is 2.13. The van der Waals surface area contributed by atoms with Crippen LogP contribution >= 0.6 is 27.3 Å². The van der Waals surface area contributed by atoms with Gasteiger partial charge in [0.05, 0.1) is 12.1 Å². The SMILES string of the molecule is Cc1csc([C@H](C#N)C=N[C@@H](C)c2ccccc2Br)n1. The molecular weight excluding hydrogens is 334 g/mol. The summed E-state index contributed by atoms with van der Waals surface area (Å²) in [5.74, 6) is -0.376. The van der Waals surface area contributed by atoms with E-state index in [0.717, 1.165) is 20.7 Å². The summed E-state index contributed by atoms with van der Waals surface area (Å²) in [6, 6.07) is 10.2. The molecule has 2 aromatic rings. The molecule has 0 aliphatic heterocycles. The second-order valence-corrected chi connectivity index (χ2v) is 6.17. The number of hydrogen-bond acceptors (Lipinski definition) is 4. The third kappa shape index (κ3) is 3.53. The molecule has 0 amide bonds. The molecule has 0 aliphatic carbocycles. The lowest BCUT2D eigenvalue weighted by Gasteiger charge is -2.09. The van der Waals surface area contributed by atoms with E-state index in [1.54, 1.807) is 6.21 Å². The van der Waals surface area contributed by atoms with Crippen LogP contribution in [0.3, 0.4) is 0 Å². The van der Waals surface area contributed by atoms with Crippen molar-refractivity contribution in [2.45, 2.75) is 25.8 Å². The molecule has 2 atom stereocenters. The van der Waals surface area contributed by atoms with E-state index in [1.165, 1.54) is 11.3 Å². The minimum atomic E-state index is -0.376. The maximum atomic E-state index is 9.24. The van der Waals surface area contributed by atoms with Gasteiger partial charge in [-0.2, -0.15) is 5.26 Å². The zero-order valence-corrected chi connectivity index (χ0v) is 13.6. The molecule has 0 N–H and O–H groups in total. The van der Waals surface area contributed by atoms with Crippen molar-refractivity contribution in [3.8, 4) is 6.07 Å². The minimum Gasteiger partial charge on any atom is -0.288 e. The number of aryl methyl sites for hydroxylation is 1. The molecule has 3 nitrogen and oxygen atoms in total. The van der Waals surface area contributed by atoms with Crippen LogP contribution in [0.4, 0.5) is 0 Å². The largest absolute Gasteiger partial charge is 0.288 e. The van der Waals surface area contributed by atoms with Crippen LogP contribution in [0.25, 0.3) is 0 Å². The molecule has 0 aliphatic rings. The highest BCUT2D eigenvalue weighted by Crippen LogP contribution is 2.26. The van der Waals surface area contributed by atoms with Crippen molar-refractivity contribution in [3.63, 3.8) is 0 Å². The first-order valence-corrected chi connectivity index (χ1v) is 7.88. The molecule has 20 heavy (non-hydrogen) atoms. The van der Waals surface area contributed by atoms with E-state index in [9.17, 15) is 5.26 Å². The first-order valence-electron chi connectivity index (χ1n) is 6.21. The Kier molecular flexibility index (Phi) is 5.05. The Morgan fingerprint density at radius 2 is 2.20 bits per heavy atom. The van der Waals surface area contributed by atoms with Crippen LogP contribution in [0.5, 0.6) is 0 Å². The van der Waals surface area contributed by atoms with E-state index in [0.29, 0.717) is 0 Å². The van der Waals surface area contributed by atoms with Gasteiger partial charge in [-0.25, -0.2) is 4.98 Å². The number of rotatable bonds is 4. The Balaban J connectivity index is 2.16. The van der Waals surface area contributed by atoms with Gasteiger partial charge in [-0.3, -0.25) is 4.99 Å². The average Bonchev–Trinajstić information content (AvgIpc) is 2.86. The Morgan fingerprint density at radius 1 is 1.45 bits per heavy atom. The third-order valence-corrected chi connectivity index (χ3v) is 4.62. The zero-order chi connectivity index (χ0) is 14.5. The van der Waals surface area contributed by atoms with Crippen LogP contribution in [-0.4, -0.2) is 11.2 Å². The van der Waals surface area contributed by atoms with E-state index >= 15 is 0 Å². The van der Waals surface area contributed by atoms with Crippen molar-refractivity contribution in [2.75, 3.05) is 0 Å². The molecule has 0 fully saturated rings. The van der Waals surface area contributed by atoms with Crippen LogP contribution in [0.15, 0.2) is 39.1 Å². The summed E-state index contributed by atoms with van der Waals surface area (Å²) >= 11 is 5.02. The first-order chi connectivity index (χ1) is 9.61. The first kappa shape index (κ1) is 14.9. The summed E-state index contributed by atoms with van der Waals surface area (Å²) in [6.45, 7) is 3.94. The standard InChI is InChI=1S/C15H14BrN3S/c1-10-9-20-15(19-10)12(7-17)8-18-11(2)13-5-3-4-6-14(13)16/h3-6,8-9,11-12H,1-2H3/t11-,12+/m0/s1. The monoisotopic (exact) mass is 347 g/mol. The summed E-state index contributed by atoms with van der Waals surface area (Å²) in [5, 5.41) is 12.0. The normalized spacial score (nSPS) is 14.1. The van der Waals surface area contributed by atoms with E-state index < -0.39 is 0 Å². The molecular formula is C15H14BrN3S. The molecule has 0 bridgehead atoms. The fraction of sp³-hybridized carbons (Fsp3) is 0.267. The summed E-state index contributed by atoms with van der Waals surface area (Å²) in [4.78, 5) is 8.85. The van der Waals surface area contributed by atoms with Crippen molar-refractivity contribution in [3.05, 3.63) is 50.4 Å². The highest BCUT2D eigenvalue weighted by molar-refractivity contribution is 9.10. The Labute approximate surface area is 131 Å². The molecule has 2 rings (SSSR count). The van der Waals surface area contributed by atoms with Gasteiger partial charge >= 0.3 is 0 Å². The van der Waals surface area contributed by atoms with Crippen LogP contribution < -0.4 is 0 Å². The predicted molar refractivity (Wildman–Crippen MR) is 86.3 cm³/mol. The van der Waals surface area contributed by atoms with Gasteiger partial charge in [-0.15, -0.1) is 11.3 Å². The quantitative estimate of drug-likeness (QED) is 0.755. The summed E-state index contributed by atoms with van der Waals surface area (Å²) in [5.41, 5.74) is 2.05. The number of nitriles is 1. The van der Waals surface area contributed by atoms with Crippen LogP contribution in [0.2, 0.25) is 0 Å². The van der Waals surface area contributed by atoms with Crippen molar-refractivity contribution in [2.24, 2.45) is 4.99 Å². The average molecular weight is 348 g/mol. The van der Waals surface area contributed by atoms with E-state index in [2.05, 4.69) is 32.0 Å². The molecule has 0 spiro atoms. The molecule has 0 unspecified atom stereocenters. The van der Waals surface area contributed by atoms with Crippen molar-refractivity contribution >= 4 is 33.5 Å². The zero-order valence-electron chi connectivity index (χ0n) is 11.2. The summed E-state index contributed by atoms with van der Waals surface area (Å²) < 4.78 is 1.03. The Bertz CT molecular complexity index is 657. The topological polar surface area (TPSA) is 49.0 Å². The van der Waals surface area contributed by atoms with Crippen molar-refractivity contribution in [1.29, 1.82) is 5.26 Å². The lowest BCUT2D eigenvalue weighted by Crippen LogP contribution is -1.99. The summed E-state index contributed by atoms with van der Waals surface area (Å²) in [7, 11) is 0. The van der Waals surface area contributed by atoms with Gasteiger partial charge in [0.25, 0.3) is 0 Å². The second kappa shape index (κ2) is 6.78. The molecule has 5 heteroatoms. The maximum Gasteiger partial charge on any atom is 0.133 e. The molecule has 1 heterocycles. The van der Waals surface area contributed by atoms with Gasteiger partial charge in [0.1, 0.15) is 10.9 Å². The van der Waals surface area contributed by atoms with Gasteiger partial charge in [0, 0.05) is 21.8 Å². The number of aromatic nitrogens is 1. The van der Waals surface area contributed by atoms with Crippen LogP contribution in [0.1, 0.15) is 35.1 Å². The fourth-order valence-corrected chi connectivity index (χ4v) is 3.19. The van der Waals surface area contributed by atoms with Crippen LogP contribution in [-0.2, 0) is 0 Å². The van der Waals surface area contributed by atoms with Gasteiger partial charge in [0.15, 0.2) is 0 Å². The van der Waals surface area contributed by atoms with E-state index in [4.69, 9.17) is 0 Å². The number of benzene rings is 1. The van der Waals surface area contributed by atoms with Gasteiger partial charge in [-0.05, 0) is 25.5 Å². The molecule has 0 radical (unpaired) electrons. The predicted octanol–water partition coefficient (Wildman–Crippen LogP) is 4.65. The molecule has 0 saturated heterocycles. The number of hydrogen-bond donors (Lipinski definition) is 0.